The Morgan fingerprint density at radius 2 is 2.05 bits per heavy atom. The highest BCUT2D eigenvalue weighted by Crippen LogP contribution is 2.28. The molecule has 0 radical (unpaired) electrons. The van der Waals surface area contributed by atoms with E-state index in [1.807, 2.05) is 30.3 Å². The van der Waals surface area contributed by atoms with Gasteiger partial charge in [0.1, 0.15) is 6.61 Å². The molecule has 1 aromatic carbocycles. The van der Waals surface area contributed by atoms with Crippen LogP contribution in [0.1, 0.15) is 24.6 Å². The van der Waals surface area contributed by atoms with Crippen molar-refractivity contribution in [3.05, 3.63) is 53.9 Å². The number of pyridine rings is 1. The second-order valence-corrected chi connectivity index (χ2v) is 4.77. The van der Waals surface area contributed by atoms with Gasteiger partial charge in [0.15, 0.2) is 11.5 Å². The average Bonchev–Trinajstić information content (AvgIpc) is 2.54. The van der Waals surface area contributed by atoms with Crippen LogP contribution in [0, 0.1) is 0 Å². The van der Waals surface area contributed by atoms with Gasteiger partial charge in [-0.25, -0.2) is 0 Å². The third-order valence-corrected chi connectivity index (χ3v) is 3.09. The van der Waals surface area contributed by atoms with E-state index in [-0.39, 0.29) is 0 Å². The smallest absolute Gasteiger partial charge is 0.162 e. The monoisotopic (exact) mass is 286 g/mol. The van der Waals surface area contributed by atoms with Gasteiger partial charge in [0.25, 0.3) is 0 Å². The van der Waals surface area contributed by atoms with E-state index in [0.29, 0.717) is 6.61 Å². The zero-order chi connectivity index (χ0) is 14.9. The number of aromatic nitrogens is 1. The lowest BCUT2D eigenvalue weighted by Gasteiger charge is -2.12. The number of methoxy groups -OCH3 is 1. The fraction of sp³-hybridized carbons (Fsp3) is 0.353. The second kappa shape index (κ2) is 8.27. The summed E-state index contributed by atoms with van der Waals surface area (Å²) in [6.07, 6.45) is 2.89. The lowest BCUT2D eigenvalue weighted by molar-refractivity contribution is 0.280. The maximum absolute atomic E-state index is 5.85. The molecule has 2 aromatic rings. The molecule has 0 aliphatic carbocycles. The van der Waals surface area contributed by atoms with Crippen molar-refractivity contribution in [2.45, 2.75) is 26.5 Å². The molecule has 0 unspecified atom stereocenters. The van der Waals surface area contributed by atoms with Gasteiger partial charge in [-0.15, -0.1) is 0 Å². The van der Waals surface area contributed by atoms with Crippen molar-refractivity contribution < 1.29 is 9.47 Å². The van der Waals surface area contributed by atoms with E-state index in [2.05, 4.69) is 23.3 Å². The topological polar surface area (TPSA) is 43.4 Å². The summed E-state index contributed by atoms with van der Waals surface area (Å²) < 4.78 is 11.2. The van der Waals surface area contributed by atoms with Gasteiger partial charge in [0, 0.05) is 12.7 Å². The van der Waals surface area contributed by atoms with Gasteiger partial charge in [0.05, 0.1) is 12.8 Å². The van der Waals surface area contributed by atoms with E-state index in [1.54, 1.807) is 13.3 Å². The third kappa shape index (κ3) is 4.76. The molecule has 0 saturated heterocycles. The van der Waals surface area contributed by atoms with Crippen molar-refractivity contribution in [2.75, 3.05) is 13.7 Å². The van der Waals surface area contributed by atoms with Crippen LogP contribution in [0.4, 0.5) is 0 Å². The van der Waals surface area contributed by atoms with Gasteiger partial charge in [-0.2, -0.15) is 0 Å². The first kappa shape index (κ1) is 15.3. The Kier molecular flexibility index (Phi) is 6.03. The Hall–Kier alpha value is -2.07. The molecule has 21 heavy (non-hydrogen) atoms. The van der Waals surface area contributed by atoms with Crippen LogP contribution in [0.15, 0.2) is 42.6 Å². The van der Waals surface area contributed by atoms with E-state index in [9.17, 15) is 0 Å². The maximum Gasteiger partial charge on any atom is 0.162 e. The van der Waals surface area contributed by atoms with E-state index >= 15 is 0 Å². The highest BCUT2D eigenvalue weighted by atomic mass is 16.5. The van der Waals surface area contributed by atoms with Crippen LogP contribution in [0.5, 0.6) is 11.5 Å². The average molecular weight is 286 g/mol. The van der Waals surface area contributed by atoms with Crippen molar-refractivity contribution >= 4 is 0 Å². The SMILES string of the molecule is CCCNCc1ccc(OC)c(OCc2ccccn2)c1. The summed E-state index contributed by atoms with van der Waals surface area (Å²) in [5.41, 5.74) is 2.08. The first-order chi connectivity index (χ1) is 10.3. The fourth-order valence-corrected chi connectivity index (χ4v) is 1.99. The highest BCUT2D eigenvalue weighted by Gasteiger charge is 2.06. The van der Waals surface area contributed by atoms with Crippen molar-refractivity contribution in [1.82, 2.24) is 10.3 Å². The normalized spacial score (nSPS) is 10.4. The minimum absolute atomic E-state index is 0.434. The molecular formula is C17H22N2O2. The molecule has 1 aromatic heterocycles. The van der Waals surface area contributed by atoms with Crippen LogP contribution in [0.3, 0.4) is 0 Å². The van der Waals surface area contributed by atoms with Crippen molar-refractivity contribution in [3.8, 4) is 11.5 Å². The number of hydrogen-bond acceptors (Lipinski definition) is 4. The number of nitrogens with one attached hydrogen (secondary N) is 1. The van der Waals surface area contributed by atoms with E-state index in [4.69, 9.17) is 9.47 Å². The molecule has 0 saturated carbocycles. The minimum Gasteiger partial charge on any atom is -0.493 e. The van der Waals surface area contributed by atoms with Crippen LogP contribution in [-0.4, -0.2) is 18.6 Å². The molecule has 0 spiro atoms. The third-order valence-electron chi connectivity index (χ3n) is 3.09. The summed E-state index contributed by atoms with van der Waals surface area (Å²) in [6, 6.07) is 11.8. The summed E-state index contributed by atoms with van der Waals surface area (Å²) in [6.45, 7) is 4.43. The minimum atomic E-state index is 0.434. The van der Waals surface area contributed by atoms with Gasteiger partial charge in [-0.05, 0) is 42.8 Å². The Labute approximate surface area is 126 Å². The van der Waals surface area contributed by atoms with Gasteiger partial charge >= 0.3 is 0 Å². The van der Waals surface area contributed by atoms with Crippen LogP contribution >= 0.6 is 0 Å². The molecule has 1 heterocycles. The molecule has 4 heteroatoms. The quantitative estimate of drug-likeness (QED) is 0.757. The summed E-state index contributed by atoms with van der Waals surface area (Å²) in [4.78, 5) is 4.25. The molecule has 1 N–H and O–H groups in total. The number of ether oxygens (including phenoxy) is 2. The molecule has 2 rings (SSSR count). The summed E-state index contributed by atoms with van der Waals surface area (Å²) in [7, 11) is 1.65. The molecule has 0 aliphatic rings. The molecular weight excluding hydrogens is 264 g/mol. The standard InChI is InChI=1S/C17H22N2O2/c1-3-9-18-12-14-7-8-16(20-2)17(11-14)21-13-15-6-4-5-10-19-15/h4-8,10-11,18H,3,9,12-13H2,1-2H3. The van der Waals surface area contributed by atoms with Crippen LogP contribution < -0.4 is 14.8 Å². The zero-order valence-electron chi connectivity index (χ0n) is 12.6. The Bertz CT molecular complexity index is 544. The first-order valence-corrected chi connectivity index (χ1v) is 7.24. The second-order valence-electron chi connectivity index (χ2n) is 4.77. The lowest BCUT2D eigenvalue weighted by atomic mass is 10.2. The Balaban J connectivity index is 2.03. The van der Waals surface area contributed by atoms with Gasteiger partial charge in [-0.3, -0.25) is 4.98 Å². The van der Waals surface area contributed by atoms with Crippen LogP contribution in [-0.2, 0) is 13.2 Å². The predicted molar refractivity (Wildman–Crippen MR) is 83.6 cm³/mol. The van der Waals surface area contributed by atoms with Gasteiger partial charge in [-0.1, -0.05) is 19.1 Å². The number of benzene rings is 1. The number of rotatable bonds is 8. The molecule has 0 aliphatic heterocycles. The Morgan fingerprint density at radius 3 is 2.76 bits per heavy atom. The lowest BCUT2D eigenvalue weighted by Crippen LogP contribution is -2.13. The molecule has 112 valence electrons. The maximum atomic E-state index is 5.85. The van der Waals surface area contributed by atoms with Gasteiger partial charge < -0.3 is 14.8 Å². The summed E-state index contributed by atoms with van der Waals surface area (Å²) in [5, 5.41) is 3.38. The molecule has 0 amide bonds. The summed E-state index contributed by atoms with van der Waals surface area (Å²) in [5.74, 6) is 1.49. The van der Waals surface area contributed by atoms with Gasteiger partial charge in [0.2, 0.25) is 0 Å². The highest BCUT2D eigenvalue weighted by molar-refractivity contribution is 5.43. The molecule has 0 atom stereocenters. The van der Waals surface area contributed by atoms with Crippen molar-refractivity contribution in [3.63, 3.8) is 0 Å². The largest absolute Gasteiger partial charge is 0.493 e. The number of hydrogen-bond donors (Lipinski definition) is 1. The zero-order valence-corrected chi connectivity index (χ0v) is 12.6. The van der Waals surface area contributed by atoms with Crippen LogP contribution in [0.25, 0.3) is 0 Å². The van der Waals surface area contributed by atoms with E-state index in [1.165, 1.54) is 5.56 Å². The fourth-order valence-electron chi connectivity index (χ4n) is 1.99. The van der Waals surface area contributed by atoms with E-state index in [0.717, 1.165) is 36.7 Å². The van der Waals surface area contributed by atoms with Crippen molar-refractivity contribution in [1.29, 1.82) is 0 Å². The van der Waals surface area contributed by atoms with Crippen LogP contribution in [0.2, 0.25) is 0 Å². The molecule has 0 bridgehead atoms. The molecule has 4 nitrogen and oxygen atoms in total. The van der Waals surface area contributed by atoms with E-state index < -0.39 is 0 Å². The molecule has 0 fully saturated rings. The first-order valence-electron chi connectivity index (χ1n) is 7.24. The number of nitrogens with zero attached hydrogens (tertiary/aromatic N) is 1. The predicted octanol–water partition coefficient (Wildman–Crippen LogP) is 3.17. The van der Waals surface area contributed by atoms with Crippen molar-refractivity contribution in [2.24, 2.45) is 0 Å². The summed E-state index contributed by atoms with van der Waals surface area (Å²) >= 11 is 0. The Morgan fingerprint density at radius 1 is 1.14 bits per heavy atom.